The minimum Gasteiger partial charge on any atom is -0.481 e. The van der Waals surface area contributed by atoms with Gasteiger partial charge < -0.3 is 25.2 Å². The van der Waals surface area contributed by atoms with Crippen molar-refractivity contribution in [3.8, 4) is 11.1 Å². The molecule has 0 saturated carbocycles. The van der Waals surface area contributed by atoms with E-state index in [1.165, 1.54) is 7.11 Å². The van der Waals surface area contributed by atoms with E-state index >= 15 is 0 Å². The smallest absolute Gasteiger partial charge is 0.407 e. The monoisotopic (exact) mass is 476 g/mol. The van der Waals surface area contributed by atoms with Crippen molar-refractivity contribution in [2.24, 2.45) is 0 Å². The maximum atomic E-state index is 13.0. The van der Waals surface area contributed by atoms with Gasteiger partial charge in [0, 0.05) is 26.0 Å². The second-order valence-corrected chi connectivity index (χ2v) is 7.81. The number of nitrogens with one attached hydrogen (secondary N) is 2. The molecule has 0 bridgehead atoms. The Balaban J connectivity index is 1.49. The van der Waals surface area contributed by atoms with Crippen LogP contribution in [0.1, 0.15) is 29.9 Å². The van der Waals surface area contributed by atoms with Gasteiger partial charge in [-0.25, -0.2) is 13.6 Å². The van der Waals surface area contributed by atoms with Crippen LogP contribution in [0.4, 0.5) is 13.6 Å². The number of benzene rings is 2. The zero-order valence-corrected chi connectivity index (χ0v) is 18.5. The minimum absolute atomic E-state index is 0.0130. The van der Waals surface area contributed by atoms with Crippen LogP contribution in [-0.4, -0.2) is 61.9 Å². The highest BCUT2D eigenvalue weighted by Gasteiger charge is 2.30. The van der Waals surface area contributed by atoms with Gasteiger partial charge in [-0.05, 0) is 22.3 Å². The Labute approximate surface area is 195 Å². The van der Waals surface area contributed by atoms with Crippen LogP contribution in [0.15, 0.2) is 48.5 Å². The summed E-state index contributed by atoms with van der Waals surface area (Å²) in [7, 11) is 1.21. The van der Waals surface area contributed by atoms with Crippen molar-refractivity contribution in [2.75, 3.05) is 20.3 Å². The van der Waals surface area contributed by atoms with Gasteiger partial charge in [0.2, 0.25) is 5.91 Å². The van der Waals surface area contributed by atoms with E-state index in [1.807, 2.05) is 53.8 Å². The van der Waals surface area contributed by atoms with Gasteiger partial charge in [-0.1, -0.05) is 48.5 Å². The Morgan fingerprint density at radius 3 is 2.15 bits per heavy atom. The third-order valence-corrected chi connectivity index (χ3v) is 5.62. The summed E-state index contributed by atoms with van der Waals surface area (Å²) in [4.78, 5) is 35.1. The number of carboxylic acid groups (broad SMARTS) is 1. The Hall–Kier alpha value is -3.53. The van der Waals surface area contributed by atoms with E-state index in [-0.39, 0.29) is 25.5 Å². The fourth-order valence-electron chi connectivity index (χ4n) is 3.98. The molecule has 2 aromatic rings. The predicted octanol–water partition coefficient (Wildman–Crippen LogP) is 3.15. The molecule has 34 heavy (non-hydrogen) atoms. The lowest BCUT2D eigenvalue weighted by atomic mass is 9.98. The fraction of sp³-hybridized carbons (Fsp3) is 0.375. The van der Waals surface area contributed by atoms with Crippen molar-refractivity contribution in [3.63, 3.8) is 0 Å². The Morgan fingerprint density at radius 1 is 1.03 bits per heavy atom. The number of fused-ring (bicyclic) bond motifs is 3. The Bertz CT molecular complexity index is 987. The van der Waals surface area contributed by atoms with Gasteiger partial charge in [-0.3, -0.25) is 9.59 Å². The molecular formula is C24H26F2N2O6. The van der Waals surface area contributed by atoms with Gasteiger partial charge in [0.05, 0.1) is 6.42 Å². The molecule has 1 aliphatic rings. The standard InChI is InChI=1S/C24H26F2N2O6/c1-33-20(23(31)28-19(22(25)26)12-21(29)30)10-11-27-24(32)34-13-18-16-8-4-2-6-14(16)15-7-3-5-9-17(15)18/h2-9,18-20,22H,10-13H2,1H3,(H,27,32)(H,28,31)(H,29,30). The number of ether oxygens (including phenoxy) is 2. The van der Waals surface area contributed by atoms with E-state index in [0.29, 0.717) is 0 Å². The average Bonchev–Trinajstić information content (AvgIpc) is 3.13. The number of alkyl carbamates (subject to hydrolysis) is 1. The van der Waals surface area contributed by atoms with Crippen LogP contribution in [0.25, 0.3) is 11.1 Å². The van der Waals surface area contributed by atoms with Crippen LogP contribution < -0.4 is 10.6 Å². The number of hydrogen-bond acceptors (Lipinski definition) is 5. The third kappa shape index (κ3) is 6.07. The summed E-state index contributed by atoms with van der Waals surface area (Å²) in [5.41, 5.74) is 4.35. The normalized spacial score (nSPS) is 14.1. The van der Waals surface area contributed by atoms with Crippen molar-refractivity contribution in [1.82, 2.24) is 10.6 Å². The summed E-state index contributed by atoms with van der Waals surface area (Å²) in [5, 5.41) is 13.2. The summed E-state index contributed by atoms with van der Waals surface area (Å²) in [5.74, 6) is -2.45. The van der Waals surface area contributed by atoms with Crippen molar-refractivity contribution >= 4 is 18.0 Å². The molecule has 182 valence electrons. The number of amides is 2. The number of hydrogen-bond donors (Lipinski definition) is 3. The van der Waals surface area contributed by atoms with Crippen LogP contribution in [0.5, 0.6) is 0 Å². The largest absolute Gasteiger partial charge is 0.481 e. The van der Waals surface area contributed by atoms with Crippen molar-refractivity contribution < 1.29 is 37.7 Å². The molecule has 2 atom stereocenters. The first-order valence-corrected chi connectivity index (χ1v) is 10.7. The summed E-state index contributed by atoms with van der Waals surface area (Å²) < 4.78 is 36.3. The Kier molecular flexibility index (Phi) is 8.53. The number of carboxylic acids is 1. The molecule has 0 fully saturated rings. The van der Waals surface area contributed by atoms with E-state index in [0.717, 1.165) is 22.3 Å². The van der Waals surface area contributed by atoms with E-state index in [1.54, 1.807) is 0 Å². The second kappa shape index (κ2) is 11.6. The highest BCUT2D eigenvalue weighted by atomic mass is 19.3. The van der Waals surface area contributed by atoms with E-state index < -0.39 is 43.0 Å². The van der Waals surface area contributed by atoms with Gasteiger partial charge in [-0.15, -0.1) is 0 Å². The maximum absolute atomic E-state index is 13.0. The van der Waals surface area contributed by atoms with Gasteiger partial charge in [-0.2, -0.15) is 0 Å². The van der Waals surface area contributed by atoms with Crippen LogP contribution in [0, 0.1) is 0 Å². The molecule has 2 amide bonds. The third-order valence-electron chi connectivity index (χ3n) is 5.62. The van der Waals surface area contributed by atoms with Crippen molar-refractivity contribution in [2.45, 2.75) is 37.3 Å². The summed E-state index contributed by atoms with van der Waals surface area (Å²) >= 11 is 0. The second-order valence-electron chi connectivity index (χ2n) is 7.81. The van der Waals surface area contributed by atoms with Crippen LogP contribution >= 0.6 is 0 Å². The van der Waals surface area contributed by atoms with E-state index in [4.69, 9.17) is 14.6 Å². The van der Waals surface area contributed by atoms with Crippen LogP contribution in [0.3, 0.4) is 0 Å². The summed E-state index contributed by atoms with van der Waals surface area (Å²) in [6.45, 7) is 0.111. The van der Waals surface area contributed by atoms with E-state index in [2.05, 4.69) is 5.32 Å². The van der Waals surface area contributed by atoms with Gasteiger partial charge >= 0.3 is 12.1 Å². The number of rotatable bonds is 11. The van der Waals surface area contributed by atoms with E-state index in [9.17, 15) is 23.2 Å². The first kappa shape index (κ1) is 25.1. The molecule has 2 aromatic carbocycles. The highest BCUT2D eigenvalue weighted by molar-refractivity contribution is 5.82. The summed E-state index contributed by atoms with van der Waals surface area (Å²) in [6, 6.07) is 14.0. The van der Waals surface area contributed by atoms with Crippen molar-refractivity contribution in [3.05, 3.63) is 59.7 Å². The lowest BCUT2D eigenvalue weighted by molar-refractivity contribution is -0.140. The predicted molar refractivity (Wildman–Crippen MR) is 119 cm³/mol. The molecule has 0 spiro atoms. The number of carbonyl (C=O) groups is 3. The number of methoxy groups -OCH3 is 1. The molecule has 8 nitrogen and oxygen atoms in total. The van der Waals surface area contributed by atoms with Gasteiger partial charge in [0.15, 0.2) is 0 Å². The molecule has 2 unspecified atom stereocenters. The SMILES string of the molecule is COC(CCNC(=O)OCC1c2ccccc2-c2ccccc21)C(=O)NC(CC(=O)O)C(F)F. The number of aliphatic carboxylic acids is 1. The zero-order valence-electron chi connectivity index (χ0n) is 18.5. The first-order valence-electron chi connectivity index (χ1n) is 10.7. The van der Waals surface area contributed by atoms with Crippen molar-refractivity contribution in [1.29, 1.82) is 0 Å². The molecule has 3 rings (SSSR count). The molecule has 0 heterocycles. The summed E-state index contributed by atoms with van der Waals surface area (Å²) in [6.07, 6.45) is -5.82. The lowest BCUT2D eigenvalue weighted by Gasteiger charge is -2.20. The van der Waals surface area contributed by atoms with Crippen LogP contribution in [-0.2, 0) is 19.1 Å². The maximum Gasteiger partial charge on any atom is 0.407 e. The quantitative estimate of drug-likeness (QED) is 0.459. The lowest BCUT2D eigenvalue weighted by Crippen LogP contribution is -2.47. The molecule has 3 N–H and O–H groups in total. The topological polar surface area (TPSA) is 114 Å². The molecule has 0 aliphatic heterocycles. The van der Waals surface area contributed by atoms with Gasteiger partial charge in [0.1, 0.15) is 18.8 Å². The number of alkyl halides is 2. The Morgan fingerprint density at radius 2 is 1.62 bits per heavy atom. The number of carbonyl (C=O) groups excluding carboxylic acids is 2. The molecule has 0 saturated heterocycles. The molecule has 0 aromatic heterocycles. The van der Waals surface area contributed by atoms with Gasteiger partial charge in [0.25, 0.3) is 6.43 Å². The molecule has 0 radical (unpaired) electrons. The van der Waals surface area contributed by atoms with Crippen LogP contribution in [0.2, 0.25) is 0 Å². The number of halogens is 2. The average molecular weight is 476 g/mol. The fourth-order valence-corrected chi connectivity index (χ4v) is 3.98. The molecule has 1 aliphatic carbocycles. The molecular weight excluding hydrogens is 450 g/mol. The minimum atomic E-state index is -3.04. The molecule has 10 heteroatoms. The highest BCUT2D eigenvalue weighted by Crippen LogP contribution is 2.44. The first-order chi connectivity index (χ1) is 16.3. The zero-order chi connectivity index (χ0) is 24.7.